The number of aromatic carboxylic acids is 1. The summed E-state index contributed by atoms with van der Waals surface area (Å²) in [4.78, 5) is 14.8. The zero-order chi connectivity index (χ0) is 17.9. The molecule has 3 N–H and O–H groups in total. The first-order valence-corrected chi connectivity index (χ1v) is 7.41. The SMILES string of the molecule is CCCC#Cc1ccc(-c2nc(C(=O)O)c(Cl)c(N)c2F)cc1F. The van der Waals surface area contributed by atoms with Crippen molar-refractivity contribution in [2.24, 2.45) is 0 Å². The van der Waals surface area contributed by atoms with Gasteiger partial charge in [-0.3, -0.25) is 0 Å². The predicted molar refractivity (Wildman–Crippen MR) is 87.8 cm³/mol. The van der Waals surface area contributed by atoms with E-state index in [2.05, 4.69) is 16.8 Å². The lowest BCUT2D eigenvalue weighted by Crippen LogP contribution is -2.08. The smallest absolute Gasteiger partial charge is 0.356 e. The van der Waals surface area contributed by atoms with E-state index < -0.39 is 34.0 Å². The average Bonchev–Trinajstić information content (AvgIpc) is 2.54. The van der Waals surface area contributed by atoms with Crippen LogP contribution in [0.25, 0.3) is 11.3 Å². The third-order valence-corrected chi connectivity index (χ3v) is 3.54. The van der Waals surface area contributed by atoms with Crippen molar-refractivity contribution in [1.29, 1.82) is 0 Å². The minimum absolute atomic E-state index is 0.0388. The number of carbonyl (C=O) groups is 1. The van der Waals surface area contributed by atoms with Gasteiger partial charge >= 0.3 is 5.97 Å². The molecule has 4 nitrogen and oxygen atoms in total. The first-order valence-electron chi connectivity index (χ1n) is 7.03. The van der Waals surface area contributed by atoms with E-state index in [1.807, 2.05) is 6.92 Å². The molecule has 7 heteroatoms. The molecule has 24 heavy (non-hydrogen) atoms. The minimum Gasteiger partial charge on any atom is -0.476 e. The molecule has 0 saturated heterocycles. The Morgan fingerprint density at radius 1 is 1.42 bits per heavy atom. The number of nitrogens with zero attached hydrogens (tertiary/aromatic N) is 1. The Balaban J connectivity index is 2.55. The van der Waals surface area contributed by atoms with Crippen LogP contribution in [0.5, 0.6) is 0 Å². The van der Waals surface area contributed by atoms with Crippen LogP contribution in [0.15, 0.2) is 18.2 Å². The van der Waals surface area contributed by atoms with Crippen molar-refractivity contribution in [3.05, 3.63) is 46.1 Å². The summed E-state index contributed by atoms with van der Waals surface area (Å²) >= 11 is 5.68. The van der Waals surface area contributed by atoms with Gasteiger partial charge in [0, 0.05) is 12.0 Å². The molecule has 2 aromatic rings. The van der Waals surface area contributed by atoms with Crippen LogP contribution in [-0.2, 0) is 0 Å². The predicted octanol–water partition coefficient (Wildman–Crippen LogP) is 4.11. The fraction of sp³-hybridized carbons (Fsp3) is 0.176. The third kappa shape index (κ3) is 3.47. The van der Waals surface area contributed by atoms with Crippen molar-refractivity contribution in [1.82, 2.24) is 4.98 Å². The van der Waals surface area contributed by atoms with Gasteiger partial charge in [-0.15, -0.1) is 0 Å². The lowest BCUT2D eigenvalue weighted by Gasteiger charge is -2.09. The number of nitrogen functional groups attached to an aromatic ring is 1. The minimum atomic E-state index is -1.46. The van der Waals surface area contributed by atoms with Crippen LogP contribution in [-0.4, -0.2) is 16.1 Å². The molecule has 0 amide bonds. The molecule has 0 aliphatic rings. The molecule has 0 aliphatic heterocycles. The van der Waals surface area contributed by atoms with Gasteiger partial charge in [-0.25, -0.2) is 18.6 Å². The van der Waals surface area contributed by atoms with Gasteiger partial charge in [0.2, 0.25) is 0 Å². The van der Waals surface area contributed by atoms with Crippen LogP contribution < -0.4 is 5.73 Å². The lowest BCUT2D eigenvalue weighted by molar-refractivity contribution is 0.0691. The average molecular weight is 351 g/mol. The Morgan fingerprint density at radius 3 is 2.71 bits per heavy atom. The molecule has 1 aromatic carbocycles. The number of carboxylic acid groups (broad SMARTS) is 1. The maximum atomic E-state index is 14.3. The van der Waals surface area contributed by atoms with Gasteiger partial charge in [0.1, 0.15) is 11.5 Å². The molecule has 0 radical (unpaired) electrons. The maximum Gasteiger partial charge on any atom is 0.356 e. The number of anilines is 1. The standard InChI is InChI=1S/C17H13ClF2N2O2/c1-2-3-4-5-9-6-7-10(8-11(9)19)15-13(20)14(21)12(18)16(22-15)17(23)24/h6-8H,2-3H2,1H3,(H2,21,22)(H,23,24). The van der Waals surface area contributed by atoms with Crippen molar-refractivity contribution < 1.29 is 18.7 Å². The summed E-state index contributed by atoms with van der Waals surface area (Å²) in [5.41, 5.74) is 4.14. The summed E-state index contributed by atoms with van der Waals surface area (Å²) in [6.07, 6.45) is 1.48. The third-order valence-electron chi connectivity index (χ3n) is 3.16. The molecule has 0 fully saturated rings. The number of rotatable bonds is 3. The Morgan fingerprint density at radius 2 is 2.12 bits per heavy atom. The van der Waals surface area contributed by atoms with E-state index in [-0.39, 0.29) is 16.8 Å². The molecule has 0 spiro atoms. The number of benzene rings is 1. The van der Waals surface area contributed by atoms with Gasteiger partial charge in [-0.1, -0.05) is 36.4 Å². The van der Waals surface area contributed by atoms with Crippen molar-refractivity contribution in [3.63, 3.8) is 0 Å². The summed E-state index contributed by atoms with van der Waals surface area (Å²) in [6, 6.07) is 3.80. The molecule has 124 valence electrons. The summed E-state index contributed by atoms with van der Waals surface area (Å²) in [5.74, 6) is 2.35. The van der Waals surface area contributed by atoms with Gasteiger partial charge in [0.15, 0.2) is 11.5 Å². The van der Waals surface area contributed by atoms with E-state index >= 15 is 0 Å². The van der Waals surface area contributed by atoms with Crippen LogP contribution in [0.2, 0.25) is 5.02 Å². The highest BCUT2D eigenvalue weighted by molar-refractivity contribution is 6.35. The highest BCUT2D eigenvalue weighted by Crippen LogP contribution is 2.32. The second kappa shape index (κ2) is 7.28. The lowest BCUT2D eigenvalue weighted by atomic mass is 10.1. The fourth-order valence-corrected chi connectivity index (χ4v) is 2.15. The van der Waals surface area contributed by atoms with E-state index in [0.29, 0.717) is 6.42 Å². The number of carboxylic acids is 1. The van der Waals surface area contributed by atoms with Crippen molar-refractivity contribution >= 4 is 23.3 Å². The van der Waals surface area contributed by atoms with Crippen LogP contribution in [0.4, 0.5) is 14.5 Å². The summed E-state index contributed by atoms with van der Waals surface area (Å²) < 4.78 is 28.4. The molecule has 0 atom stereocenters. The van der Waals surface area contributed by atoms with E-state index in [9.17, 15) is 13.6 Å². The number of hydrogen-bond donors (Lipinski definition) is 2. The zero-order valence-electron chi connectivity index (χ0n) is 12.7. The molecule has 1 aromatic heterocycles. The Labute approximate surface area is 142 Å². The number of aromatic nitrogens is 1. The van der Waals surface area contributed by atoms with Gasteiger partial charge in [0.25, 0.3) is 0 Å². The first kappa shape index (κ1) is 17.7. The molecule has 2 rings (SSSR count). The van der Waals surface area contributed by atoms with Crippen LogP contribution in [0, 0.1) is 23.5 Å². The normalized spacial score (nSPS) is 10.2. The van der Waals surface area contributed by atoms with E-state index in [1.165, 1.54) is 12.1 Å². The quantitative estimate of drug-likeness (QED) is 0.817. The number of halogens is 3. The monoisotopic (exact) mass is 350 g/mol. The summed E-state index contributed by atoms with van der Waals surface area (Å²) in [7, 11) is 0. The van der Waals surface area contributed by atoms with E-state index in [4.69, 9.17) is 22.4 Å². The topological polar surface area (TPSA) is 76.2 Å². The number of pyridine rings is 1. The summed E-state index contributed by atoms with van der Waals surface area (Å²) in [6.45, 7) is 1.95. The molecular formula is C17H13ClF2N2O2. The summed E-state index contributed by atoms with van der Waals surface area (Å²) in [5, 5.41) is 8.56. The van der Waals surface area contributed by atoms with Crippen molar-refractivity contribution in [2.45, 2.75) is 19.8 Å². The second-order valence-electron chi connectivity index (χ2n) is 4.90. The molecule has 1 heterocycles. The Hall–Kier alpha value is -2.65. The van der Waals surface area contributed by atoms with Gasteiger partial charge in [0.05, 0.1) is 16.3 Å². The second-order valence-corrected chi connectivity index (χ2v) is 5.28. The Kier molecular flexibility index (Phi) is 5.37. The van der Waals surface area contributed by atoms with Crippen molar-refractivity contribution in [2.75, 3.05) is 5.73 Å². The maximum absolute atomic E-state index is 14.3. The molecule has 0 unspecified atom stereocenters. The number of nitrogens with two attached hydrogens (primary N) is 1. The highest BCUT2D eigenvalue weighted by Gasteiger charge is 2.22. The molecule has 0 bridgehead atoms. The van der Waals surface area contributed by atoms with Gasteiger partial charge in [-0.05, 0) is 18.6 Å². The van der Waals surface area contributed by atoms with Gasteiger partial charge < -0.3 is 10.8 Å². The highest BCUT2D eigenvalue weighted by atomic mass is 35.5. The van der Waals surface area contributed by atoms with Crippen molar-refractivity contribution in [3.8, 4) is 23.1 Å². The largest absolute Gasteiger partial charge is 0.476 e. The molecule has 0 aliphatic carbocycles. The zero-order valence-corrected chi connectivity index (χ0v) is 13.4. The van der Waals surface area contributed by atoms with Gasteiger partial charge in [-0.2, -0.15) is 0 Å². The van der Waals surface area contributed by atoms with Crippen LogP contribution in [0.1, 0.15) is 35.8 Å². The Bertz CT molecular complexity index is 873. The molecular weight excluding hydrogens is 338 g/mol. The molecule has 0 saturated carbocycles. The van der Waals surface area contributed by atoms with Crippen LogP contribution in [0.3, 0.4) is 0 Å². The van der Waals surface area contributed by atoms with Crippen LogP contribution >= 0.6 is 11.6 Å². The number of hydrogen-bond acceptors (Lipinski definition) is 3. The van der Waals surface area contributed by atoms with E-state index in [0.717, 1.165) is 12.5 Å². The fourth-order valence-electron chi connectivity index (χ4n) is 1.94. The number of unbranched alkanes of at least 4 members (excludes halogenated alkanes) is 1. The first-order chi connectivity index (χ1) is 11.4. The van der Waals surface area contributed by atoms with E-state index in [1.54, 1.807) is 0 Å².